The molecule has 0 aromatic heterocycles. The quantitative estimate of drug-likeness (QED) is 0.168. The first-order valence-electron chi connectivity index (χ1n) is 10.0. The van der Waals surface area contributed by atoms with Gasteiger partial charge in [-0.05, 0) is 33.6 Å². The van der Waals surface area contributed by atoms with Gasteiger partial charge in [-0.2, -0.15) is 0 Å². The summed E-state index contributed by atoms with van der Waals surface area (Å²) < 4.78 is 5.40. The van der Waals surface area contributed by atoms with Gasteiger partial charge in [0.15, 0.2) is 5.96 Å². The molecule has 0 aliphatic carbocycles. The predicted octanol–water partition coefficient (Wildman–Crippen LogP) is 3.02. The topological polar surface area (TPSA) is 104 Å². The van der Waals surface area contributed by atoms with Crippen LogP contribution in [-0.2, 0) is 9.53 Å². The third kappa shape index (κ3) is 12.8. The first kappa shape index (κ1) is 29.9. The number of carbonyl (C=O) groups is 2. The fourth-order valence-electron chi connectivity index (χ4n) is 2.34. The van der Waals surface area contributed by atoms with Crippen LogP contribution in [0.2, 0.25) is 0 Å². The Balaban J connectivity index is 0. The molecular formula is C20H42IN5O3. The molecule has 0 aromatic carbocycles. The lowest BCUT2D eigenvalue weighted by atomic mass is 9.93. The van der Waals surface area contributed by atoms with Gasteiger partial charge in [-0.25, -0.2) is 4.79 Å². The van der Waals surface area contributed by atoms with Crippen molar-refractivity contribution < 1.29 is 14.3 Å². The first-order chi connectivity index (χ1) is 12.8. The Hall–Kier alpha value is -1.26. The minimum Gasteiger partial charge on any atom is -0.444 e. The van der Waals surface area contributed by atoms with Crippen molar-refractivity contribution in [2.45, 2.75) is 79.4 Å². The zero-order chi connectivity index (χ0) is 22.0. The zero-order valence-corrected chi connectivity index (χ0v) is 21.9. The Morgan fingerprint density at radius 1 is 0.897 bits per heavy atom. The second kappa shape index (κ2) is 13.1. The summed E-state index contributed by atoms with van der Waals surface area (Å²) in [5, 5.41) is 12.3. The Kier molecular flexibility index (Phi) is 13.5. The highest BCUT2D eigenvalue weighted by Gasteiger charge is 2.30. The summed E-state index contributed by atoms with van der Waals surface area (Å²) in [6, 6.07) is 0. The van der Waals surface area contributed by atoms with Crippen LogP contribution in [0.3, 0.4) is 0 Å². The standard InChI is InChI=1S/C20H41N5O3.HI/c1-10-20(11-2,25-17(27)28-19(6,7)8)14-24-16(21-9)23-13-12-22-15(26)18(3,4)5;/h10-14H2,1-9H3,(H,22,26)(H,25,27)(H2,21,23,24);1H. The maximum Gasteiger partial charge on any atom is 0.408 e. The Labute approximate surface area is 193 Å². The smallest absolute Gasteiger partial charge is 0.408 e. The maximum absolute atomic E-state index is 12.2. The van der Waals surface area contributed by atoms with Gasteiger partial charge < -0.3 is 26.0 Å². The van der Waals surface area contributed by atoms with Gasteiger partial charge in [0.05, 0.1) is 5.54 Å². The number of nitrogens with one attached hydrogen (secondary N) is 4. The third-order valence-electron chi connectivity index (χ3n) is 4.32. The molecule has 0 aliphatic heterocycles. The van der Waals surface area contributed by atoms with Crippen molar-refractivity contribution >= 4 is 41.9 Å². The number of hydrogen-bond donors (Lipinski definition) is 4. The number of halogens is 1. The van der Waals surface area contributed by atoms with Crippen LogP contribution in [0, 0.1) is 5.41 Å². The molecule has 172 valence electrons. The highest BCUT2D eigenvalue weighted by molar-refractivity contribution is 14.0. The molecule has 29 heavy (non-hydrogen) atoms. The Bertz CT molecular complexity index is 535. The fourth-order valence-corrected chi connectivity index (χ4v) is 2.34. The lowest BCUT2D eigenvalue weighted by molar-refractivity contribution is -0.128. The maximum atomic E-state index is 12.2. The molecule has 0 fully saturated rings. The van der Waals surface area contributed by atoms with Crippen LogP contribution >= 0.6 is 24.0 Å². The molecule has 0 spiro atoms. The zero-order valence-electron chi connectivity index (χ0n) is 19.6. The molecule has 0 bridgehead atoms. The van der Waals surface area contributed by atoms with E-state index in [1.54, 1.807) is 7.05 Å². The van der Waals surface area contributed by atoms with Gasteiger partial charge in [0.25, 0.3) is 0 Å². The van der Waals surface area contributed by atoms with Crippen molar-refractivity contribution in [1.29, 1.82) is 0 Å². The fraction of sp³-hybridized carbons (Fsp3) is 0.850. The van der Waals surface area contributed by atoms with Crippen molar-refractivity contribution in [3.63, 3.8) is 0 Å². The van der Waals surface area contributed by atoms with Crippen molar-refractivity contribution in [1.82, 2.24) is 21.3 Å². The molecule has 0 saturated carbocycles. The molecule has 9 heteroatoms. The monoisotopic (exact) mass is 527 g/mol. The molecule has 0 aromatic rings. The van der Waals surface area contributed by atoms with Gasteiger partial charge in [-0.1, -0.05) is 34.6 Å². The first-order valence-corrected chi connectivity index (χ1v) is 10.0. The minimum absolute atomic E-state index is 0. The van der Waals surface area contributed by atoms with Crippen LogP contribution in [0.25, 0.3) is 0 Å². The molecule has 2 amide bonds. The van der Waals surface area contributed by atoms with Crippen molar-refractivity contribution in [2.75, 3.05) is 26.7 Å². The summed E-state index contributed by atoms with van der Waals surface area (Å²) >= 11 is 0. The van der Waals surface area contributed by atoms with Gasteiger partial charge in [-0.3, -0.25) is 9.79 Å². The van der Waals surface area contributed by atoms with E-state index < -0.39 is 22.6 Å². The van der Waals surface area contributed by atoms with Crippen LogP contribution in [0.1, 0.15) is 68.2 Å². The third-order valence-corrected chi connectivity index (χ3v) is 4.32. The van der Waals surface area contributed by atoms with Crippen LogP contribution in [0.15, 0.2) is 4.99 Å². The molecule has 0 saturated heterocycles. The summed E-state index contributed by atoms with van der Waals surface area (Å²) in [6.45, 7) is 16.8. The molecule has 0 rings (SSSR count). The van der Waals surface area contributed by atoms with Gasteiger partial charge in [0, 0.05) is 32.1 Å². The molecule has 0 unspecified atom stereocenters. The highest BCUT2D eigenvalue weighted by Crippen LogP contribution is 2.16. The van der Waals surface area contributed by atoms with Gasteiger partial charge in [0.1, 0.15) is 5.60 Å². The van der Waals surface area contributed by atoms with Gasteiger partial charge >= 0.3 is 6.09 Å². The van der Waals surface area contributed by atoms with Crippen LogP contribution in [0.4, 0.5) is 4.79 Å². The number of alkyl carbamates (subject to hydrolysis) is 1. The van der Waals surface area contributed by atoms with E-state index in [1.165, 1.54) is 0 Å². The molecular weight excluding hydrogens is 485 g/mol. The summed E-state index contributed by atoms with van der Waals surface area (Å²) in [5.74, 6) is 0.622. The van der Waals surface area contributed by atoms with Crippen molar-refractivity contribution in [2.24, 2.45) is 10.4 Å². The Morgan fingerprint density at radius 2 is 1.41 bits per heavy atom. The van der Waals surface area contributed by atoms with Crippen molar-refractivity contribution in [3.8, 4) is 0 Å². The van der Waals surface area contributed by atoms with E-state index in [9.17, 15) is 9.59 Å². The predicted molar refractivity (Wildman–Crippen MR) is 130 cm³/mol. The van der Waals surface area contributed by atoms with Gasteiger partial charge in [-0.15, -0.1) is 24.0 Å². The minimum atomic E-state index is -0.542. The summed E-state index contributed by atoms with van der Waals surface area (Å²) in [7, 11) is 1.68. The van der Waals surface area contributed by atoms with Crippen LogP contribution in [0.5, 0.6) is 0 Å². The second-order valence-corrected chi connectivity index (χ2v) is 8.97. The number of guanidine groups is 1. The highest BCUT2D eigenvalue weighted by atomic mass is 127. The second-order valence-electron chi connectivity index (χ2n) is 8.97. The number of carbonyl (C=O) groups excluding carboxylic acids is 2. The van der Waals surface area contributed by atoms with Crippen LogP contribution in [-0.4, -0.2) is 55.8 Å². The number of ether oxygens (including phenoxy) is 1. The molecule has 0 heterocycles. The van der Waals surface area contributed by atoms with E-state index in [-0.39, 0.29) is 29.9 Å². The van der Waals surface area contributed by atoms with E-state index >= 15 is 0 Å². The van der Waals surface area contributed by atoms with Crippen LogP contribution < -0.4 is 21.3 Å². The number of rotatable bonds is 8. The van der Waals surface area contributed by atoms with Crippen molar-refractivity contribution in [3.05, 3.63) is 0 Å². The van der Waals surface area contributed by atoms with E-state index in [0.29, 0.717) is 25.6 Å². The number of amides is 2. The van der Waals surface area contributed by atoms with Gasteiger partial charge in [0.2, 0.25) is 5.91 Å². The Morgan fingerprint density at radius 3 is 1.83 bits per heavy atom. The number of nitrogens with zero attached hydrogens (tertiary/aromatic N) is 1. The van der Waals surface area contributed by atoms with E-state index in [4.69, 9.17) is 4.74 Å². The average Bonchev–Trinajstić information content (AvgIpc) is 2.57. The SMILES string of the molecule is CCC(CC)(CNC(=NC)NCCNC(=O)C(C)(C)C)NC(=O)OC(C)(C)C.I. The summed E-state index contributed by atoms with van der Waals surface area (Å²) in [6.07, 6.45) is 1.06. The molecule has 4 N–H and O–H groups in total. The normalized spacial score (nSPS) is 12.5. The number of aliphatic imine (C=N–C) groups is 1. The van der Waals surface area contributed by atoms with E-state index in [0.717, 1.165) is 12.8 Å². The number of hydrogen-bond acceptors (Lipinski definition) is 4. The van der Waals surface area contributed by atoms with E-state index in [1.807, 2.05) is 55.4 Å². The molecule has 0 aliphatic rings. The molecule has 0 radical (unpaired) electrons. The van der Waals surface area contributed by atoms with E-state index in [2.05, 4.69) is 26.3 Å². The lowest BCUT2D eigenvalue weighted by Gasteiger charge is -2.34. The molecule has 8 nitrogen and oxygen atoms in total. The lowest BCUT2D eigenvalue weighted by Crippen LogP contribution is -2.57. The summed E-state index contributed by atoms with van der Waals surface area (Å²) in [4.78, 5) is 28.3. The largest absolute Gasteiger partial charge is 0.444 e. The summed E-state index contributed by atoms with van der Waals surface area (Å²) in [5.41, 5.74) is -1.39. The average molecular weight is 527 g/mol. The molecule has 0 atom stereocenters.